The van der Waals surface area contributed by atoms with Crippen LogP contribution >= 0.6 is 0 Å². The van der Waals surface area contributed by atoms with E-state index in [1.165, 1.54) is 57.3 Å². The van der Waals surface area contributed by atoms with Crippen LogP contribution in [0, 0.1) is 0 Å². The van der Waals surface area contributed by atoms with Crippen LogP contribution in [0.1, 0.15) is 43.6 Å². The number of ether oxygens (including phenoxy) is 1. The molecule has 1 aromatic rings. The van der Waals surface area contributed by atoms with Crippen molar-refractivity contribution in [1.29, 1.82) is 0 Å². The third-order valence-electron chi connectivity index (χ3n) is 5.51. The maximum atomic E-state index is 5.81. The minimum Gasteiger partial charge on any atom is -0.493 e. The fraction of sp³-hybridized carbons (Fsp3) is 0.667. The second-order valence-electron chi connectivity index (χ2n) is 6.78. The molecule has 3 atom stereocenters. The van der Waals surface area contributed by atoms with Gasteiger partial charge in [0.1, 0.15) is 5.75 Å². The summed E-state index contributed by atoms with van der Waals surface area (Å²) < 4.78 is 5.81. The van der Waals surface area contributed by atoms with Crippen molar-refractivity contribution in [2.24, 2.45) is 0 Å². The number of fused-ring (bicyclic) bond motifs is 1. The monoisotopic (exact) mass is 286 g/mol. The molecular formula is C18H26N2O. The normalized spacial score (nSPS) is 32.9. The van der Waals surface area contributed by atoms with Crippen LogP contribution in [0.15, 0.2) is 24.3 Å². The standard InChI is InChI=1S/C18H26N2O/c1-2-8-18-15(5-1)14(9-12-21-18)13-20-11-4-7-17(20)16-6-3-10-19-16/h1-2,5,8,14,16-17,19H,3-4,6-7,9-13H2. The molecule has 3 unspecified atom stereocenters. The molecule has 3 heterocycles. The van der Waals surface area contributed by atoms with Crippen LogP contribution in [0.3, 0.4) is 0 Å². The maximum Gasteiger partial charge on any atom is 0.122 e. The molecule has 0 spiro atoms. The maximum absolute atomic E-state index is 5.81. The lowest BCUT2D eigenvalue weighted by atomic mass is 9.92. The molecule has 0 radical (unpaired) electrons. The molecule has 1 N–H and O–H groups in total. The summed E-state index contributed by atoms with van der Waals surface area (Å²) in [5, 5.41) is 3.72. The summed E-state index contributed by atoms with van der Waals surface area (Å²) in [7, 11) is 0. The minimum atomic E-state index is 0.650. The average Bonchev–Trinajstić information content (AvgIpc) is 3.18. The van der Waals surface area contributed by atoms with Crippen LogP contribution in [-0.2, 0) is 0 Å². The molecule has 0 saturated carbocycles. The van der Waals surface area contributed by atoms with Crippen LogP contribution in [0.5, 0.6) is 5.75 Å². The number of hydrogen-bond donors (Lipinski definition) is 1. The zero-order chi connectivity index (χ0) is 14.1. The smallest absolute Gasteiger partial charge is 0.122 e. The first-order chi connectivity index (χ1) is 10.4. The van der Waals surface area contributed by atoms with Crippen molar-refractivity contribution >= 4 is 0 Å². The van der Waals surface area contributed by atoms with Crippen LogP contribution < -0.4 is 10.1 Å². The first-order valence-electron chi connectivity index (χ1n) is 8.61. The molecule has 3 nitrogen and oxygen atoms in total. The Hall–Kier alpha value is -1.06. The van der Waals surface area contributed by atoms with Gasteiger partial charge in [-0.05, 0) is 56.8 Å². The van der Waals surface area contributed by atoms with Gasteiger partial charge >= 0.3 is 0 Å². The topological polar surface area (TPSA) is 24.5 Å². The fourth-order valence-corrected chi connectivity index (χ4v) is 4.46. The zero-order valence-corrected chi connectivity index (χ0v) is 12.8. The van der Waals surface area contributed by atoms with Gasteiger partial charge in [0.05, 0.1) is 6.61 Å². The van der Waals surface area contributed by atoms with Crippen molar-refractivity contribution in [2.45, 2.75) is 50.1 Å². The zero-order valence-electron chi connectivity index (χ0n) is 12.8. The summed E-state index contributed by atoms with van der Waals surface area (Å²) in [5.41, 5.74) is 1.42. The van der Waals surface area contributed by atoms with Gasteiger partial charge in [-0.25, -0.2) is 0 Å². The van der Waals surface area contributed by atoms with Crippen LogP contribution in [-0.4, -0.2) is 43.2 Å². The number of rotatable bonds is 3. The lowest BCUT2D eigenvalue weighted by molar-refractivity contribution is 0.179. The summed E-state index contributed by atoms with van der Waals surface area (Å²) in [5.74, 6) is 1.76. The predicted molar refractivity (Wildman–Crippen MR) is 84.9 cm³/mol. The van der Waals surface area contributed by atoms with E-state index >= 15 is 0 Å². The van der Waals surface area contributed by atoms with Crippen LogP contribution in [0.25, 0.3) is 0 Å². The third kappa shape index (κ3) is 2.69. The molecule has 0 bridgehead atoms. The largest absolute Gasteiger partial charge is 0.493 e. The van der Waals surface area contributed by atoms with Gasteiger partial charge in [0.25, 0.3) is 0 Å². The van der Waals surface area contributed by atoms with E-state index in [1.807, 2.05) is 0 Å². The number of para-hydroxylation sites is 1. The molecular weight excluding hydrogens is 260 g/mol. The van der Waals surface area contributed by atoms with Gasteiger partial charge in [0, 0.05) is 24.5 Å². The highest BCUT2D eigenvalue weighted by atomic mass is 16.5. The van der Waals surface area contributed by atoms with Gasteiger partial charge in [-0.2, -0.15) is 0 Å². The molecule has 3 aliphatic heterocycles. The molecule has 2 saturated heterocycles. The quantitative estimate of drug-likeness (QED) is 0.924. The third-order valence-corrected chi connectivity index (χ3v) is 5.51. The van der Waals surface area contributed by atoms with E-state index in [0.29, 0.717) is 5.92 Å². The number of hydrogen-bond acceptors (Lipinski definition) is 3. The van der Waals surface area contributed by atoms with Gasteiger partial charge in [-0.3, -0.25) is 4.90 Å². The van der Waals surface area contributed by atoms with Gasteiger partial charge in [0.2, 0.25) is 0 Å². The van der Waals surface area contributed by atoms with Gasteiger partial charge < -0.3 is 10.1 Å². The van der Waals surface area contributed by atoms with E-state index in [-0.39, 0.29) is 0 Å². The number of benzene rings is 1. The average molecular weight is 286 g/mol. The van der Waals surface area contributed by atoms with Crippen LogP contribution in [0.4, 0.5) is 0 Å². The second-order valence-corrected chi connectivity index (χ2v) is 6.78. The molecule has 4 rings (SSSR count). The van der Waals surface area contributed by atoms with Crippen molar-refractivity contribution < 1.29 is 4.74 Å². The van der Waals surface area contributed by atoms with Crippen molar-refractivity contribution in [1.82, 2.24) is 10.2 Å². The highest BCUT2D eigenvalue weighted by Gasteiger charge is 2.35. The predicted octanol–water partition coefficient (Wildman–Crippen LogP) is 2.77. The highest BCUT2D eigenvalue weighted by Crippen LogP contribution is 2.36. The Balaban J connectivity index is 1.48. The van der Waals surface area contributed by atoms with Crippen molar-refractivity contribution in [2.75, 3.05) is 26.2 Å². The molecule has 2 fully saturated rings. The summed E-state index contributed by atoms with van der Waals surface area (Å²) in [6.45, 7) is 4.59. The summed E-state index contributed by atoms with van der Waals surface area (Å²) in [6, 6.07) is 10.1. The number of nitrogens with one attached hydrogen (secondary N) is 1. The Morgan fingerprint density at radius 2 is 2.10 bits per heavy atom. The summed E-state index contributed by atoms with van der Waals surface area (Å²) in [4.78, 5) is 2.76. The molecule has 0 amide bonds. The molecule has 3 heteroatoms. The van der Waals surface area contributed by atoms with E-state index in [4.69, 9.17) is 4.74 Å². The van der Waals surface area contributed by atoms with Crippen molar-refractivity contribution in [3.8, 4) is 5.75 Å². The SMILES string of the molecule is c1ccc2c(c1)OCCC2CN1CCCC1C1CCCN1. The Morgan fingerprint density at radius 3 is 3.00 bits per heavy atom. The molecule has 21 heavy (non-hydrogen) atoms. The van der Waals surface area contributed by atoms with E-state index in [2.05, 4.69) is 34.5 Å². The van der Waals surface area contributed by atoms with E-state index in [1.54, 1.807) is 0 Å². The van der Waals surface area contributed by atoms with E-state index in [9.17, 15) is 0 Å². The van der Waals surface area contributed by atoms with E-state index < -0.39 is 0 Å². The van der Waals surface area contributed by atoms with Gasteiger partial charge in [-0.15, -0.1) is 0 Å². The van der Waals surface area contributed by atoms with Gasteiger partial charge in [-0.1, -0.05) is 18.2 Å². The summed E-state index contributed by atoms with van der Waals surface area (Å²) in [6.07, 6.45) is 6.63. The fourth-order valence-electron chi connectivity index (χ4n) is 4.46. The highest BCUT2D eigenvalue weighted by molar-refractivity contribution is 5.38. The van der Waals surface area contributed by atoms with Crippen molar-refractivity contribution in [3.05, 3.63) is 29.8 Å². The van der Waals surface area contributed by atoms with Crippen molar-refractivity contribution in [3.63, 3.8) is 0 Å². The number of nitrogens with zero attached hydrogens (tertiary/aromatic N) is 1. The minimum absolute atomic E-state index is 0.650. The Labute approximate surface area is 127 Å². The molecule has 0 aliphatic carbocycles. The lowest BCUT2D eigenvalue weighted by Crippen LogP contribution is -2.45. The first kappa shape index (κ1) is 13.6. The summed E-state index contributed by atoms with van der Waals surface area (Å²) >= 11 is 0. The molecule has 114 valence electrons. The van der Waals surface area contributed by atoms with Crippen LogP contribution in [0.2, 0.25) is 0 Å². The second kappa shape index (κ2) is 5.98. The first-order valence-corrected chi connectivity index (χ1v) is 8.61. The lowest BCUT2D eigenvalue weighted by Gasteiger charge is -2.34. The van der Waals surface area contributed by atoms with Gasteiger partial charge in [0.15, 0.2) is 0 Å². The number of likely N-dealkylation sites (tertiary alicyclic amines) is 1. The molecule has 1 aromatic carbocycles. The Morgan fingerprint density at radius 1 is 1.14 bits per heavy atom. The Kier molecular flexibility index (Phi) is 3.87. The van der Waals surface area contributed by atoms with E-state index in [0.717, 1.165) is 24.4 Å². The Bertz CT molecular complexity index is 484. The molecule has 0 aromatic heterocycles. The molecule has 3 aliphatic rings.